The van der Waals surface area contributed by atoms with E-state index < -0.39 is 0 Å². The highest BCUT2D eigenvalue weighted by atomic mass is 16.5. The highest BCUT2D eigenvalue weighted by molar-refractivity contribution is 6.36. The number of fused-ring (bicyclic) bond motifs is 1. The first-order valence-electron chi connectivity index (χ1n) is 11.1. The van der Waals surface area contributed by atoms with E-state index >= 15 is 0 Å². The lowest BCUT2D eigenvalue weighted by atomic mass is 10.0. The number of hydrogen-bond acceptors (Lipinski definition) is 4. The van der Waals surface area contributed by atoms with Crippen molar-refractivity contribution in [3.8, 4) is 5.75 Å². The fourth-order valence-corrected chi connectivity index (χ4v) is 3.90. The molecule has 0 spiro atoms. The van der Waals surface area contributed by atoms with Crippen LogP contribution in [0.1, 0.15) is 32.8 Å². The molecule has 32 heavy (non-hydrogen) atoms. The molecule has 0 saturated carbocycles. The molecule has 5 heteroatoms. The summed E-state index contributed by atoms with van der Waals surface area (Å²) in [6.07, 6.45) is 0.920. The van der Waals surface area contributed by atoms with Crippen LogP contribution in [0.25, 0.3) is 16.3 Å². The van der Waals surface area contributed by atoms with Crippen LogP contribution < -0.4 is 10.1 Å². The summed E-state index contributed by atoms with van der Waals surface area (Å²) < 4.78 is 5.67. The van der Waals surface area contributed by atoms with Gasteiger partial charge in [-0.25, -0.2) is 0 Å². The first-order chi connectivity index (χ1) is 15.5. The van der Waals surface area contributed by atoms with Gasteiger partial charge in [0.25, 0.3) is 11.8 Å². The van der Waals surface area contributed by atoms with Crippen LogP contribution in [-0.2, 0) is 9.59 Å². The Labute approximate surface area is 188 Å². The van der Waals surface area contributed by atoms with Crippen molar-refractivity contribution in [3.63, 3.8) is 0 Å². The number of carbonyl (C=O) groups excluding carboxylic acids is 2. The van der Waals surface area contributed by atoms with E-state index in [0.717, 1.165) is 28.6 Å². The molecule has 0 radical (unpaired) electrons. The number of nitrogens with one attached hydrogen (secondary N) is 1. The average Bonchev–Trinajstić information content (AvgIpc) is 3.02. The first-order valence-corrected chi connectivity index (χ1v) is 11.1. The van der Waals surface area contributed by atoms with Crippen LogP contribution in [0.15, 0.2) is 72.4 Å². The standard InChI is InChI=1S/C27H28N2O3/c1-4-16-32-21-14-12-20(13-15-21)24-25(27(31)29(26(24)30)17-18(2)3)28-23-11-7-9-19-8-5-6-10-22(19)23/h5-15,18,28H,4,16-17H2,1-3H3. The van der Waals surface area contributed by atoms with Gasteiger partial charge in [0.2, 0.25) is 0 Å². The van der Waals surface area contributed by atoms with Gasteiger partial charge >= 0.3 is 0 Å². The number of imide groups is 1. The fourth-order valence-electron chi connectivity index (χ4n) is 3.90. The molecule has 0 aliphatic carbocycles. The third kappa shape index (κ3) is 4.24. The zero-order valence-electron chi connectivity index (χ0n) is 18.7. The lowest BCUT2D eigenvalue weighted by Gasteiger charge is -2.17. The minimum absolute atomic E-state index is 0.172. The molecule has 0 atom stereocenters. The molecule has 0 bridgehead atoms. The van der Waals surface area contributed by atoms with Crippen molar-refractivity contribution in [2.75, 3.05) is 18.5 Å². The zero-order valence-corrected chi connectivity index (χ0v) is 18.7. The molecule has 1 aliphatic rings. The minimum Gasteiger partial charge on any atom is -0.494 e. The number of ether oxygens (including phenoxy) is 1. The van der Waals surface area contributed by atoms with Crippen molar-refractivity contribution < 1.29 is 14.3 Å². The normalized spacial score (nSPS) is 14.1. The zero-order chi connectivity index (χ0) is 22.7. The van der Waals surface area contributed by atoms with Crippen LogP contribution in [-0.4, -0.2) is 29.9 Å². The Hall–Kier alpha value is -3.60. The van der Waals surface area contributed by atoms with Gasteiger partial charge in [0.15, 0.2) is 0 Å². The molecule has 0 fully saturated rings. The number of amides is 2. The molecule has 0 saturated heterocycles. The molecule has 1 heterocycles. The molecule has 0 aromatic heterocycles. The third-order valence-corrected chi connectivity index (χ3v) is 5.38. The highest BCUT2D eigenvalue weighted by Crippen LogP contribution is 2.33. The van der Waals surface area contributed by atoms with Gasteiger partial charge in [-0.1, -0.05) is 69.3 Å². The van der Waals surface area contributed by atoms with Gasteiger partial charge in [0.1, 0.15) is 11.4 Å². The highest BCUT2D eigenvalue weighted by Gasteiger charge is 2.39. The second-order valence-electron chi connectivity index (χ2n) is 8.39. The van der Waals surface area contributed by atoms with E-state index in [1.165, 1.54) is 4.90 Å². The van der Waals surface area contributed by atoms with Gasteiger partial charge in [-0.2, -0.15) is 0 Å². The summed E-state index contributed by atoms with van der Waals surface area (Å²) in [4.78, 5) is 28.0. The molecular weight excluding hydrogens is 400 g/mol. The monoisotopic (exact) mass is 428 g/mol. The lowest BCUT2D eigenvalue weighted by Crippen LogP contribution is -2.35. The molecule has 2 amide bonds. The summed E-state index contributed by atoms with van der Waals surface area (Å²) in [6, 6.07) is 21.2. The molecule has 1 N–H and O–H groups in total. The van der Waals surface area contributed by atoms with Gasteiger partial charge < -0.3 is 10.1 Å². The second-order valence-corrected chi connectivity index (χ2v) is 8.39. The van der Waals surface area contributed by atoms with Crippen LogP contribution in [0.3, 0.4) is 0 Å². The fraction of sp³-hybridized carbons (Fsp3) is 0.259. The van der Waals surface area contributed by atoms with Gasteiger partial charge in [-0.15, -0.1) is 0 Å². The summed E-state index contributed by atoms with van der Waals surface area (Å²) in [5.41, 5.74) is 2.20. The minimum atomic E-state index is -0.294. The van der Waals surface area contributed by atoms with Crippen molar-refractivity contribution in [1.82, 2.24) is 4.90 Å². The van der Waals surface area contributed by atoms with E-state index in [-0.39, 0.29) is 17.7 Å². The Morgan fingerprint density at radius 1 is 0.906 bits per heavy atom. The molecule has 1 aliphatic heterocycles. The van der Waals surface area contributed by atoms with Gasteiger partial charge in [-0.05, 0) is 41.5 Å². The number of carbonyl (C=O) groups is 2. The summed E-state index contributed by atoms with van der Waals surface area (Å²) in [5.74, 6) is 0.355. The number of nitrogens with zero attached hydrogens (tertiary/aromatic N) is 1. The summed E-state index contributed by atoms with van der Waals surface area (Å²) in [6.45, 7) is 7.05. The van der Waals surface area contributed by atoms with E-state index in [9.17, 15) is 9.59 Å². The quantitative estimate of drug-likeness (QED) is 0.483. The number of anilines is 1. The van der Waals surface area contributed by atoms with Crippen LogP contribution in [0.5, 0.6) is 5.75 Å². The Morgan fingerprint density at radius 2 is 1.62 bits per heavy atom. The van der Waals surface area contributed by atoms with Crippen LogP contribution in [0.4, 0.5) is 5.69 Å². The van der Waals surface area contributed by atoms with Gasteiger partial charge in [0.05, 0.1) is 12.2 Å². The smallest absolute Gasteiger partial charge is 0.278 e. The molecule has 0 unspecified atom stereocenters. The third-order valence-electron chi connectivity index (χ3n) is 5.38. The summed E-state index contributed by atoms with van der Waals surface area (Å²) in [7, 11) is 0. The van der Waals surface area contributed by atoms with Gasteiger partial charge in [0, 0.05) is 17.6 Å². The maximum absolute atomic E-state index is 13.3. The number of hydrogen-bond donors (Lipinski definition) is 1. The first kappa shape index (κ1) is 21.6. The van der Waals surface area contributed by atoms with E-state index in [1.807, 2.05) is 80.6 Å². The van der Waals surface area contributed by atoms with E-state index in [4.69, 9.17) is 4.74 Å². The predicted molar refractivity (Wildman–Crippen MR) is 128 cm³/mol. The van der Waals surface area contributed by atoms with Crippen LogP contribution >= 0.6 is 0 Å². The average molecular weight is 429 g/mol. The molecule has 4 rings (SSSR count). The Bertz CT molecular complexity index is 1170. The van der Waals surface area contributed by atoms with Crippen molar-refractivity contribution in [2.45, 2.75) is 27.2 Å². The summed E-state index contributed by atoms with van der Waals surface area (Å²) in [5, 5.41) is 5.36. The van der Waals surface area contributed by atoms with Gasteiger partial charge in [-0.3, -0.25) is 14.5 Å². The number of benzene rings is 3. The Balaban J connectivity index is 1.77. The Morgan fingerprint density at radius 3 is 2.34 bits per heavy atom. The SMILES string of the molecule is CCCOc1ccc(C2=C(Nc3cccc4ccccc34)C(=O)N(CC(C)C)C2=O)cc1. The van der Waals surface area contributed by atoms with Crippen molar-refractivity contribution >= 4 is 33.8 Å². The second kappa shape index (κ2) is 9.27. The lowest BCUT2D eigenvalue weighted by molar-refractivity contribution is -0.137. The predicted octanol–water partition coefficient (Wildman–Crippen LogP) is 5.48. The molecule has 164 valence electrons. The maximum Gasteiger partial charge on any atom is 0.278 e. The van der Waals surface area contributed by atoms with Crippen molar-refractivity contribution in [1.29, 1.82) is 0 Å². The van der Waals surface area contributed by atoms with Crippen LogP contribution in [0.2, 0.25) is 0 Å². The van der Waals surface area contributed by atoms with E-state index in [0.29, 0.717) is 30.0 Å². The number of rotatable bonds is 8. The van der Waals surface area contributed by atoms with E-state index in [2.05, 4.69) is 12.2 Å². The largest absolute Gasteiger partial charge is 0.494 e. The Kier molecular flexibility index (Phi) is 6.26. The molecular formula is C27H28N2O3. The summed E-state index contributed by atoms with van der Waals surface area (Å²) >= 11 is 0. The van der Waals surface area contributed by atoms with E-state index in [1.54, 1.807) is 0 Å². The molecule has 3 aromatic carbocycles. The van der Waals surface area contributed by atoms with Crippen molar-refractivity contribution in [2.24, 2.45) is 5.92 Å². The molecule has 5 nitrogen and oxygen atoms in total. The van der Waals surface area contributed by atoms with Crippen molar-refractivity contribution in [3.05, 3.63) is 78.0 Å². The van der Waals surface area contributed by atoms with Crippen LogP contribution in [0, 0.1) is 5.92 Å². The topological polar surface area (TPSA) is 58.6 Å². The maximum atomic E-state index is 13.3. The molecule has 3 aromatic rings.